The molecule has 1 aromatic carbocycles. The zero-order valence-electron chi connectivity index (χ0n) is 11.2. The van der Waals surface area contributed by atoms with Crippen molar-refractivity contribution in [3.05, 3.63) is 48.2 Å². The van der Waals surface area contributed by atoms with Crippen LogP contribution < -0.4 is 0 Å². The molecule has 0 saturated heterocycles. The van der Waals surface area contributed by atoms with Crippen LogP contribution >= 0.6 is 0 Å². The van der Waals surface area contributed by atoms with Crippen LogP contribution in [0.1, 0.15) is 36.3 Å². The number of aryl methyl sites for hydroxylation is 1. The summed E-state index contributed by atoms with van der Waals surface area (Å²) in [4.78, 5) is 11.5. The van der Waals surface area contributed by atoms with Gasteiger partial charge in [0.2, 0.25) is 0 Å². The SMILES string of the molecule is C=CCC(C)(C)c1c(C=O)c2ccccc2n1C. The lowest BCUT2D eigenvalue weighted by molar-refractivity contribution is 0.112. The highest BCUT2D eigenvalue weighted by Gasteiger charge is 2.27. The van der Waals surface area contributed by atoms with Crippen molar-refractivity contribution in [2.45, 2.75) is 25.7 Å². The molecule has 0 unspecified atom stereocenters. The lowest BCUT2D eigenvalue weighted by atomic mass is 9.83. The fourth-order valence-corrected chi connectivity index (χ4v) is 2.82. The number of allylic oxidation sites excluding steroid dienone is 1. The molecule has 1 aromatic heterocycles. The molecule has 0 aliphatic rings. The summed E-state index contributed by atoms with van der Waals surface area (Å²) >= 11 is 0. The van der Waals surface area contributed by atoms with E-state index in [2.05, 4.69) is 31.1 Å². The van der Waals surface area contributed by atoms with E-state index < -0.39 is 0 Å². The first-order valence-corrected chi connectivity index (χ1v) is 6.17. The molecule has 18 heavy (non-hydrogen) atoms. The molecule has 0 fully saturated rings. The molecule has 94 valence electrons. The zero-order chi connectivity index (χ0) is 13.3. The number of carbonyl (C=O) groups is 1. The summed E-state index contributed by atoms with van der Waals surface area (Å²) in [6, 6.07) is 8.03. The van der Waals surface area contributed by atoms with Gasteiger partial charge in [0, 0.05) is 34.6 Å². The first-order chi connectivity index (χ1) is 8.53. The smallest absolute Gasteiger partial charge is 0.152 e. The molecule has 1 heterocycles. The highest BCUT2D eigenvalue weighted by molar-refractivity contribution is 5.99. The van der Waals surface area contributed by atoms with E-state index in [9.17, 15) is 4.79 Å². The van der Waals surface area contributed by atoms with Crippen molar-refractivity contribution in [1.82, 2.24) is 4.57 Å². The number of hydrogen-bond acceptors (Lipinski definition) is 1. The molecule has 0 amide bonds. The number of carbonyl (C=O) groups excluding carboxylic acids is 1. The maximum Gasteiger partial charge on any atom is 0.152 e. The van der Waals surface area contributed by atoms with Crippen molar-refractivity contribution in [3.63, 3.8) is 0 Å². The quantitative estimate of drug-likeness (QED) is 0.588. The van der Waals surface area contributed by atoms with Crippen LogP contribution in [0, 0.1) is 0 Å². The molecule has 0 spiro atoms. The number of para-hydroxylation sites is 1. The average molecular weight is 241 g/mol. The summed E-state index contributed by atoms with van der Waals surface area (Å²) in [5.41, 5.74) is 2.90. The highest BCUT2D eigenvalue weighted by Crippen LogP contribution is 2.35. The van der Waals surface area contributed by atoms with Gasteiger partial charge in [-0.3, -0.25) is 4.79 Å². The van der Waals surface area contributed by atoms with Gasteiger partial charge in [0.15, 0.2) is 6.29 Å². The molecule has 0 N–H and O–H groups in total. The Hall–Kier alpha value is -1.83. The van der Waals surface area contributed by atoms with Crippen molar-refractivity contribution in [2.75, 3.05) is 0 Å². The summed E-state index contributed by atoms with van der Waals surface area (Å²) < 4.78 is 2.13. The Morgan fingerprint density at radius 2 is 2.00 bits per heavy atom. The number of fused-ring (bicyclic) bond motifs is 1. The molecular weight excluding hydrogens is 222 g/mol. The number of aromatic nitrogens is 1. The van der Waals surface area contributed by atoms with Gasteiger partial charge in [0.05, 0.1) is 0 Å². The van der Waals surface area contributed by atoms with Crippen LogP contribution in [-0.2, 0) is 12.5 Å². The largest absolute Gasteiger partial charge is 0.346 e. The fraction of sp³-hybridized carbons (Fsp3) is 0.312. The van der Waals surface area contributed by atoms with Gasteiger partial charge in [0.25, 0.3) is 0 Å². The van der Waals surface area contributed by atoms with Gasteiger partial charge in [-0.25, -0.2) is 0 Å². The Kier molecular flexibility index (Phi) is 3.12. The molecule has 0 atom stereocenters. The van der Waals surface area contributed by atoms with E-state index in [1.54, 1.807) is 0 Å². The van der Waals surface area contributed by atoms with E-state index >= 15 is 0 Å². The molecule has 2 aromatic rings. The number of aldehydes is 1. The fourth-order valence-electron chi connectivity index (χ4n) is 2.82. The van der Waals surface area contributed by atoms with Gasteiger partial charge in [-0.2, -0.15) is 0 Å². The number of hydrogen-bond donors (Lipinski definition) is 0. The molecular formula is C16H19NO. The van der Waals surface area contributed by atoms with Crippen LogP contribution in [0.2, 0.25) is 0 Å². The van der Waals surface area contributed by atoms with E-state index in [0.717, 1.165) is 34.9 Å². The van der Waals surface area contributed by atoms with E-state index in [0.29, 0.717) is 0 Å². The summed E-state index contributed by atoms with van der Waals surface area (Å²) in [7, 11) is 2.02. The Labute approximate surface area is 108 Å². The molecule has 0 bridgehead atoms. The van der Waals surface area contributed by atoms with Gasteiger partial charge in [0.1, 0.15) is 0 Å². The summed E-state index contributed by atoms with van der Waals surface area (Å²) in [6.07, 6.45) is 3.73. The van der Waals surface area contributed by atoms with Crippen molar-refractivity contribution in [1.29, 1.82) is 0 Å². The van der Waals surface area contributed by atoms with Crippen LogP contribution in [0.25, 0.3) is 10.9 Å². The molecule has 2 rings (SSSR count). The van der Waals surface area contributed by atoms with Crippen LogP contribution in [-0.4, -0.2) is 10.9 Å². The molecule has 2 heteroatoms. The molecule has 0 radical (unpaired) electrons. The molecule has 2 nitrogen and oxygen atoms in total. The minimum absolute atomic E-state index is 0.0915. The van der Waals surface area contributed by atoms with E-state index in [1.807, 2.05) is 31.3 Å². The third-order valence-electron chi connectivity index (χ3n) is 3.56. The van der Waals surface area contributed by atoms with Gasteiger partial charge in [-0.1, -0.05) is 38.1 Å². The minimum Gasteiger partial charge on any atom is -0.346 e. The maximum atomic E-state index is 11.5. The van der Waals surface area contributed by atoms with E-state index in [1.165, 1.54) is 0 Å². The molecule has 0 aliphatic heterocycles. The zero-order valence-corrected chi connectivity index (χ0v) is 11.2. The normalized spacial score (nSPS) is 11.7. The summed E-state index contributed by atoms with van der Waals surface area (Å²) in [5, 5.41) is 1.03. The van der Waals surface area contributed by atoms with Crippen LogP contribution in [0.3, 0.4) is 0 Å². The van der Waals surface area contributed by atoms with Crippen molar-refractivity contribution < 1.29 is 4.79 Å². The van der Waals surface area contributed by atoms with Gasteiger partial charge in [-0.15, -0.1) is 6.58 Å². The predicted octanol–water partition coefficient (Wildman–Crippen LogP) is 3.84. The lowest BCUT2D eigenvalue weighted by Crippen LogP contribution is -2.21. The second kappa shape index (κ2) is 4.45. The van der Waals surface area contributed by atoms with Crippen molar-refractivity contribution >= 4 is 17.2 Å². The highest BCUT2D eigenvalue weighted by atomic mass is 16.1. The summed E-state index contributed by atoms with van der Waals surface area (Å²) in [6.45, 7) is 8.11. The van der Waals surface area contributed by atoms with E-state index in [4.69, 9.17) is 0 Å². The Balaban J connectivity index is 2.81. The first kappa shape index (κ1) is 12.6. The number of benzene rings is 1. The Morgan fingerprint density at radius 3 is 2.61 bits per heavy atom. The topological polar surface area (TPSA) is 22.0 Å². The average Bonchev–Trinajstić information content (AvgIpc) is 2.63. The standard InChI is InChI=1S/C16H19NO/c1-5-10-16(2,3)15-13(11-18)12-8-6-7-9-14(12)17(15)4/h5-9,11H,1,10H2,2-4H3. The van der Waals surface area contributed by atoms with Crippen LogP contribution in [0.5, 0.6) is 0 Å². The van der Waals surface area contributed by atoms with E-state index in [-0.39, 0.29) is 5.41 Å². The monoisotopic (exact) mass is 241 g/mol. The molecule has 0 aliphatic carbocycles. The minimum atomic E-state index is -0.0915. The number of nitrogens with zero attached hydrogens (tertiary/aromatic N) is 1. The number of rotatable bonds is 4. The van der Waals surface area contributed by atoms with Crippen molar-refractivity contribution in [3.8, 4) is 0 Å². The first-order valence-electron chi connectivity index (χ1n) is 6.17. The van der Waals surface area contributed by atoms with Gasteiger partial charge >= 0.3 is 0 Å². The second-order valence-electron chi connectivity index (χ2n) is 5.33. The Morgan fingerprint density at radius 1 is 1.33 bits per heavy atom. The van der Waals surface area contributed by atoms with Crippen molar-refractivity contribution in [2.24, 2.45) is 7.05 Å². The van der Waals surface area contributed by atoms with Crippen LogP contribution in [0.15, 0.2) is 36.9 Å². The maximum absolute atomic E-state index is 11.5. The van der Waals surface area contributed by atoms with Gasteiger partial charge < -0.3 is 4.57 Å². The van der Waals surface area contributed by atoms with Crippen LogP contribution in [0.4, 0.5) is 0 Å². The Bertz CT molecular complexity index is 605. The second-order valence-corrected chi connectivity index (χ2v) is 5.33. The lowest BCUT2D eigenvalue weighted by Gasteiger charge is -2.25. The molecule has 0 saturated carbocycles. The predicted molar refractivity (Wildman–Crippen MR) is 76.1 cm³/mol. The van der Waals surface area contributed by atoms with Gasteiger partial charge in [-0.05, 0) is 12.5 Å². The third-order valence-corrected chi connectivity index (χ3v) is 3.56. The third kappa shape index (κ3) is 1.78. The summed E-state index contributed by atoms with van der Waals surface area (Å²) in [5.74, 6) is 0.